The second-order valence-electron chi connectivity index (χ2n) is 6.27. The van der Waals surface area contributed by atoms with E-state index in [0.29, 0.717) is 29.0 Å². The molecule has 0 aliphatic carbocycles. The lowest BCUT2D eigenvalue weighted by Gasteiger charge is -2.22. The summed E-state index contributed by atoms with van der Waals surface area (Å²) < 4.78 is 1.69. The second kappa shape index (κ2) is 8.86. The topological polar surface area (TPSA) is 79.0 Å². The molecular formula is C19H24N4O2S. The molecule has 0 N–H and O–H groups in total. The van der Waals surface area contributed by atoms with E-state index in [-0.39, 0.29) is 17.5 Å². The molecule has 1 aromatic carbocycles. The van der Waals surface area contributed by atoms with Crippen molar-refractivity contribution in [2.24, 2.45) is 0 Å². The third kappa shape index (κ3) is 4.25. The number of nitriles is 1. The molecule has 2 aromatic rings. The molecule has 0 unspecified atom stereocenters. The van der Waals surface area contributed by atoms with E-state index in [4.69, 9.17) is 5.26 Å². The number of carbonyl (C=O) groups excluding carboxylic acids is 1. The van der Waals surface area contributed by atoms with Crippen molar-refractivity contribution < 1.29 is 4.79 Å². The Labute approximate surface area is 157 Å². The van der Waals surface area contributed by atoms with Gasteiger partial charge in [-0.25, -0.2) is 4.98 Å². The van der Waals surface area contributed by atoms with Gasteiger partial charge in [-0.15, -0.1) is 0 Å². The molecule has 2 rings (SSSR count). The summed E-state index contributed by atoms with van der Waals surface area (Å²) in [5.41, 5.74) is 0.557. The number of hydrogen-bond donors (Lipinski definition) is 0. The average molecular weight is 372 g/mol. The normalized spacial score (nSPS) is 13.2. The van der Waals surface area contributed by atoms with Crippen LogP contribution in [0.1, 0.15) is 39.7 Å². The fraction of sp³-hybridized carbons (Fsp3) is 0.474. The van der Waals surface area contributed by atoms with Gasteiger partial charge in [0, 0.05) is 19.6 Å². The van der Waals surface area contributed by atoms with Crippen LogP contribution in [0.4, 0.5) is 0 Å². The SMILES string of the molecule is CC[C@H](C)n1c(S[C@H](C)C(=O)N(C)CCC#N)nc2ccccc2c1=O. The van der Waals surface area contributed by atoms with Crippen LogP contribution in [0.5, 0.6) is 0 Å². The monoisotopic (exact) mass is 372 g/mol. The third-order valence-corrected chi connectivity index (χ3v) is 5.43. The molecule has 26 heavy (non-hydrogen) atoms. The largest absolute Gasteiger partial charge is 0.344 e. The third-order valence-electron chi connectivity index (χ3n) is 4.37. The van der Waals surface area contributed by atoms with Crippen LogP contribution in [0.15, 0.2) is 34.2 Å². The number of rotatable bonds is 7. The van der Waals surface area contributed by atoms with Gasteiger partial charge >= 0.3 is 0 Å². The maximum atomic E-state index is 13.0. The van der Waals surface area contributed by atoms with E-state index >= 15 is 0 Å². The fourth-order valence-corrected chi connectivity index (χ4v) is 3.75. The maximum Gasteiger partial charge on any atom is 0.262 e. The van der Waals surface area contributed by atoms with Crippen molar-refractivity contribution in [2.45, 2.75) is 50.1 Å². The van der Waals surface area contributed by atoms with E-state index in [9.17, 15) is 9.59 Å². The highest BCUT2D eigenvalue weighted by Crippen LogP contribution is 2.26. The first-order valence-electron chi connectivity index (χ1n) is 8.70. The summed E-state index contributed by atoms with van der Waals surface area (Å²) in [6, 6.07) is 9.30. The lowest BCUT2D eigenvalue weighted by Crippen LogP contribution is -2.34. The Hall–Kier alpha value is -2.33. The summed E-state index contributed by atoms with van der Waals surface area (Å²) in [5, 5.41) is 9.42. The van der Waals surface area contributed by atoms with Crippen LogP contribution in [-0.4, -0.2) is 39.2 Å². The molecule has 0 saturated heterocycles. The van der Waals surface area contributed by atoms with Crippen molar-refractivity contribution >= 4 is 28.6 Å². The van der Waals surface area contributed by atoms with Crippen molar-refractivity contribution in [3.05, 3.63) is 34.6 Å². The Morgan fingerprint density at radius 3 is 2.73 bits per heavy atom. The van der Waals surface area contributed by atoms with Gasteiger partial charge in [-0.05, 0) is 32.4 Å². The molecule has 7 heteroatoms. The lowest BCUT2D eigenvalue weighted by atomic mass is 10.2. The van der Waals surface area contributed by atoms with Crippen LogP contribution < -0.4 is 5.56 Å². The van der Waals surface area contributed by atoms with E-state index < -0.39 is 5.25 Å². The number of amides is 1. The maximum absolute atomic E-state index is 13.0. The van der Waals surface area contributed by atoms with Gasteiger partial charge in [0.05, 0.1) is 28.6 Å². The van der Waals surface area contributed by atoms with E-state index in [1.807, 2.05) is 38.1 Å². The lowest BCUT2D eigenvalue weighted by molar-refractivity contribution is -0.128. The van der Waals surface area contributed by atoms with Gasteiger partial charge in [0.15, 0.2) is 5.16 Å². The van der Waals surface area contributed by atoms with Gasteiger partial charge in [0.25, 0.3) is 5.56 Å². The molecule has 0 saturated carbocycles. The zero-order valence-electron chi connectivity index (χ0n) is 15.6. The van der Waals surface area contributed by atoms with Crippen molar-refractivity contribution in [1.29, 1.82) is 5.26 Å². The zero-order valence-corrected chi connectivity index (χ0v) is 16.4. The summed E-state index contributed by atoms with van der Waals surface area (Å²) in [4.78, 5) is 31.7. The molecule has 1 aromatic heterocycles. The summed E-state index contributed by atoms with van der Waals surface area (Å²) in [7, 11) is 1.69. The Kier molecular flexibility index (Phi) is 6.81. The zero-order chi connectivity index (χ0) is 19.3. The molecule has 0 bridgehead atoms. The molecule has 1 amide bonds. The summed E-state index contributed by atoms with van der Waals surface area (Å²) in [5.74, 6) is -0.0802. The second-order valence-corrected chi connectivity index (χ2v) is 7.58. The smallest absolute Gasteiger partial charge is 0.262 e. The first-order valence-corrected chi connectivity index (χ1v) is 9.58. The first kappa shape index (κ1) is 20.0. The Bertz CT molecular complexity index is 887. The van der Waals surface area contributed by atoms with Gasteiger partial charge in [0.1, 0.15) is 0 Å². The number of para-hydroxylation sites is 1. The molecule has 138 valence electrons. The number of hydrogen-bond acceptors (Lipinski definition) is 5. The molecule has 0 fully saturated rings. The predicted molar refractivity (Wildman–Crippen MR) is 104 cm³/mol. The molecule has 1 heterocycles. The van der Waals surface area contributed by atoms with Crippen LogP contribution in [-0.2, 0) is 4.79 Å². The van der Waals surface area contributed by atoms with Gasteiger partial charge in [-0.3, -0.25) is 14.2 Å². The number of fused-ring (bicyclic) bond motifs is 1. The van der Waals surface area contributed by atoms with Crippen molar-refractivity contribution in [3.63, 3.8) is 0 Å². The molecule has 0 aliphatic rings. The summed E-state index contributed by atoms with van der Waals surface area (Å²) in [6.45, 7) is 6.19. The number of carbonyl (C=O) groups is 1. The molecular weight excluding hydrogens is 348 g/mol. The van der Waals surface area contributed by atoms with Gasteiger partial charge < -0.3 is 4.90 Å². The van der Waals surface area contributed by atoms with Gasteiger partial charge in [0.2, 0.25) is 5.91 Å². The van der Waals surface area contributed by atoms with Crippen LogP contribution >= 0.6 is 11.8 Å². The Balaban J connectivity index is 2.40. The summed E-state index contributed by atoms with van der Waals surface area (Å²) in [6.07, 6.45) is 1.09. The minimum atomic E-state index is -0.401. The molecule has 6 nitrogen and oxygen atoms in total. The number of aromatic nitrogens is 2. The quantitative estimate of drug-likeness (QED) is 0.551. The van der Waals surface area contributed by atoms with Crippen LogP contribution in [0.25, 0.3) is 10.9 Å². The van der Waals surface area contributed by atoms with Crippen molar-refractivity contribution in [3.8, 4) is 6.07 Å². The standard InChI is InChI=1S/C19H24N4O2S/c1-5-13(2)23-18(25)15-9-6-7-10-16(15)21-19(23)26-14(3)17(24)22(4)12-8-11-20/h6-7,9-10,13-14H,5,8,12H2,1-4H3/t13-,14+/m0/s1. The minimum absolute atomic E-state index is 0.0132. The van der Waals surface area contributed by atoms with E-state index in [1.54, 1.807) is 29.5 Å². The van der Waals surface area contributed by atoms with Crippen molar-refractivity contribution in [1.82, 2.24) is 14.5 Å². The van der Waals surface area contributed by atoms with Gasteiger partial charge in [-0.1, -0.05) is 30.8 Å². The highest BCUT2D eigenvalue weighted by Gasteiger charge is 2.23. The Morgan fingerprint density at radius 1 is 1.38 bits per heavy atom. The van der Waals surface area contributed by atoms with E-state index in [2.05, 4.69) is 4.98 Å². The van der Waals surface area contributed by atoms with Crippen molar-refractivity contribution in [2.75, 3.05) is 13.6 Å². The number of thioether (sulfide) groups is 1. The number of benzene rings is 1. The highest BCUT2D eigenvalue weighted by molar-refractivity contribution is 8.00. The molecule has 0 radical (unpaired) electrons. The number of nitrogens with zero attached hydrogens (tertiary/aromatic N) is 4. The first-order chi connectivity index (χ1) is 12.4. The predicted octanol–water partition coefficient (Wildman–Crippen LogP) is 3.22. The average Bonchev–Trinajstić information content (AvgIpc) is 2.65. The Morgan fingerprint density at radius 2 is 2.08 bits per heavy atom. The molecule has 0 aliphatic heterocycles. The highest BCUT2D eigenvalue weighted by atomic mass is 32.2. The van der Waals surface area contributed by atoms with Gasteiger partial charge in [-0.2, -0.15) is 5.26 Å². The van der Waals surface area contributed by atoms with Crippen LogP contribution in [0.2, 0.25) is 0 Å². The summed E-state index contributed by atoms with van der Waals surface area (Å²) >= 11 is 1.29. The fourth-order valence-electron chi connectivity index (χ4n) is 2.63. The minimum Gasteiger partial charge on any atom is -0.344 e. The van der Waals surface area contributed by atoms with E-state index in [1.165, 1.54) is 11.8 Å². The molecule has 2 atom stereocenters. The van der Waals surface area contributed by atoms with E-state index in [0.717, 1.165) is 6.42 Å². The van der Waals surface area contributed by atoms with Crippen LogP contribution in [0, 0.1) is 11.3 Å². The van der Waals surface area contributed by atoms with Crippen LogP contribution in [0.3, 0.4) is 0 Å². The molecule has 0 spiro atoms.